The average Bonchev–Trinajstić information content (AvgIpc) is 2.86. The van der Waals surface area contributed by atoms with Gasteiger partial charge in [0.25, 0.3) is 0 Å². The summed E-state index contributed by atoms with van der Waals surface area (Å²) in [6.45, 7) is 6.31. The normalized spacial score (nSPS) is 22.4. The van der Waals surface area contributed by atoms with Gasteiger partial charge in [-0.05, 0) is 38.0 Å². The van der Waals surface area contributed by atoms with E-state index in [9.17, 15) is 4.79 Å². The molecule has 0 bridgehead atoms. The molecule has 3 N–H and O–H groups in total. The minimum absolute atomic E-state index is 0.0843. The zero-order valence-corrected chi connectivity index (χ0v) is 13.4. The molecule has 1 saturated carbocycles. The molecular formula is C15H25N3OS. The number of nitrogens with one attached hydrogen (secondary N) is 1. The van der Waals surface area contributed by atoms with E-state index < -0.39 is 0 Å². The zero-order chi connectivity index (χ0) is 14.7. The number of aromatic nitrogens is 1. The number of carbonyl (C=O) groups excluding carboxylic acids is 1. The highest BCUT2D eigenvalue weighted by molar-refractivity contribution is 7.16. The Kier molecular flexibility index (Phi) is 5.16. The van der Waals surface area contributed by atoms with E-state index in [1.165, 1.54) is 0 Å². The van der Waals surface area contributed by atoms with E-state index in [2.05, 4.69) is 24.1 Å². The highest BCUT2D eigenvalue weighted by Gasteiger charge is 2.26. The topological polar surface area (TPSA) is 68.0 Å². The Morgan fingerprint density at radius 1 is 1.50 bits per heavy atom. The van der Waals surface area contributed by atoms with Crippen molar-refractivity contribution in [3.8, 4) is 0 Å². The first-order chi connectivity index (χ1) is 9.45. The molecule has 1 amide bonds. The van der Waals surface area contributed by atoms with Crippen molar-refractivity contribution < 1.29 is 4.79 Å². The second kappa shape index (κ2) is 6.68. The van der Waals surface area contributed by atoms with Crippen LogP contribution < -0.4 is 11.1 Å². The molecule has 112 valence electrons. The lowest BCUT2D eigenvalue weighted by Gasteiger charge is -2.14. The summed E-state index contributed by atoms with van der Waals surface area (Å²) < 4.78 is 0. The van der Waals surface area contributed by atoms with Gasteiger partial charge in [-0.1, -0.05) is 20.3 Å². The number of rotatable bonds is 5. The number of nitrogens with two attached hydrogens (primary N) is 1. The lowest BCUT2D eigenvalue weighted by molar-refractivity contribution is -0.117. The smallest absolute Gasteiger partial charge is 0.225 e. The summed E-state index contributed by atoms with van der Waals surface area (Å²) in [6, 6.07) is 0.194. The summed E-state index contributed by atoms with van der Waals surface area (Å²) in [4.78, 5) is 16.7. The van der Waals surface area contributed by atoms with Crippen molar-refractivity contribution in [1.29, 1.82) is 0 Å². The van der Waals surface area contributed by atoms with Crippen molar-refractivity contribution in [2.75, 3.05) is 5.32 Å². The van der Waals surface area contributed by atoms with Crippen LogP contribution in [0.1, 0.15) is 50.2 Å². The Labute approximate surface area is 125 Å². The Bertz CT molecular complexity index is 470. The van der Waals surface area contributed by atoms with Gasteiger partial charge in [-0.3, -0.25) is 4.79 Å². The summed E-state index contributed by atoms with van der Waals surface area (Å²) in [5, 5.41) is 4.98. The van der Waals surface area contributed by atoms with Crippen molar-refractivity contribution in [1.82, 2.24) is 4.98 Å². The van der Waals surface area contributed by atoms with Crippen molar-refractivity contribution in [3.63, 3.8) is 0 Å². The fraction of sp³-hybridized carbons (Fsp3) is 0.733. The van der Waals surface area contributed by atoms with E-state index in [4.69, 9.17) is 5.73 Å². The lowest BCUT2D eigenvalue weighted by Crippen LogP contribution is -2.28. The van der Waals surface area contributed by atoms with Crippen LogP contribution in [0.2, 0.25) is 0 Å². The van der Waals surface area contributed by atoms with Gasteiger partial charge in [0.1, 0.15) is 5.00 Å². The van der Waals surface area contributed by atoms with Gasteiger partial charge in [0.05, 0.1) is 10.7 Å². The highest BCUT2D eigenvalue weighted by atomic mass is 32.1. The molecule has 1 aliphatic rings. The summed E-state index contributed by atoms with van der Waals surface area (Å²) in [7, 11) is 0. The molecule has 1 aromatic heterocycles. The molecule has 2 rings (SSSR count). The van der Waals surface area contributed by atoms with Crippen LogP contribution in [0.5, 0.6) is 0 Å². The molecule has 0 spiro atoms. The molecule has 1 aliphatic carbocycles. The van der Waals surface area contributed by atoms with Gasteiger partial charge in [0.15, 0.2) is 0 Å². The molecule has 1 aromatic rings. The van der Waals surface area contributed by atoms with E-state index >= 15 is 0 Å². The molecule has 1 fully saturated rings. The van der Waals surface area contributed by atoms with Crippen LogP contribution in [0.3, 0.4) is 0 Å². The number of nitrogens with zero attached hydrogens (tertiary/aromatic N) is 1. The maximum Gasteiger partial charge on any atom is 0.225 e. The van der Waals surface area contributed by atoms with Crippen molar-refractivity contribution >= 4 is 22.2 Å². The molecule has 20 heavy (non-hydrogen) atoms. The molecule has 0 radical (unpaired) electrons. The predicted octanol–water partition coefficient (Wildman–Crippen LogP) is 3.11. The Balaban J connectivity index is 1.96. The van der Waals surface area contributed by atoms with Crippen molar-refractivity contribution in [2.45, 2.75) is 58.9 Å². The Hall–Kier alpha value is -0.940. The minimum atomic E-state index is 0.0843. The Morgan fingerprint density at radius 3 is 2.85 bits per heavy atom. The van der Waals surface area contributed by atoms with Crippen LogP contribution in [-0.4, -0.2) is 16.9 Å². The van der Waals surface area contributed by atoms with Crippen LogP contribution in [0.25, 0.3) is 0 Å². The quantitative estimate of drug-likeness (QED) is 0.877. The maximum atomic E-state index is 12.2. The molecule has 0 unspecified atom stereocenters. The molecule has 5 heteroatoms. The van der Waals surface area contributed by atoms with Crippen molar-refractivity contribution in [2.24, 2.45) is 17.6 Å². The standard InChI is InChI=1S/C15H25N3OS/c1-9(2)7-13-15(20-10(3)17-13)18-14(19)8-11-5-4-6-12(11)16/h9,11-12H,4-8,16H2,1-3H3,(H,18,19)/t11-,12+/m0/s1. The van der Waals surface area contributed by atoms with Crippen LogP contribution in [0.4, 0.5) is 5.00 Å². The largest absolute Gasteiger partial charge is 0.327 e. The zero-order valence-electron chi connectivity index (χ0n) is 12.6. The third-order valence-corrected chi connectivity index (χ3v) is 4.75. The van der Waals surface area contributed by atoms with Gasteiger partial charge in [-0.2, -0.15) is 0 Å². The Morgan fingerprint density at radius 2 is 2.25 bits per heavy atom. The summed E-state index contributed by atoms with van der Waals surface area (Å²) in [5.74, 6) is 0.967. The number of hydrogen-bond donors (Lipinski definition) is 2. The predicted molar refractivity (Wildman–Crippen MR) is 84.0 cm³/mol. The monoisotopic (exact) mass is 295 g/mol. The fourth-order valence-corrected chi connectivity index (χ4v) is 3.69. The number of carbonyl (C=O) groups is 1. The van der Waals surface area contributed by atoms with E-state index in [1.54, 1.807) is 11.3 Å². The average molecular weight is 295 g/mol. The number of aryl methyl sites for hydroxylation is 1. The number of anilines is 1. The molecule has 0 aliphatic heterocycles. The molecule has 1 heterocycles. The van der Waals surface area contributed by atoms with Crippen molar-refractivity contribution in [3.05, 3.63) is 10.7 Å². The first kappa shape index (κ1) is 15.4. The first-order valence-electron chi connectivity index (χ1n) is 7.47. The molecule has 0 aromatic carbocycles. The SMILES string of the molecule is Cc1nc(CC(C)C)c(NC(=O)C[C@@H]2CCC[C@H]2N)s1. The summed E-state index contributed by atoms with van der Waals surface area (Å²) in [6.07, 6.45) is 4.73. The van der Waals surface area contributed by atoms with Crippen LogP contribution >= 0.6 is 11.3 Å². The number of hydrogen-bond acceptors (Lipinski definition) is 4. The van der Waals surface area contributed by atoms with E-state index in [0.29, 0.717) is 18.3 Å². The van der Waals surface area contributed by atoms with E-state index in [1.807, 2.05) is 6.92 Å². The number of amides is 1. The van der Waals surface area contributed by atoms with Crippen LogP contribution in [-0.2, 0) is 11.2 Å². The van der Waals surface area contributed by atoms with E-state index in [0.717, 1.165) is 41.4 Å². The maximum absolute atomic E-state index is 12.2. The van der Waals surface area contributed by atoms with Gasteiger partial charge in [0.2, 0.25) is 5.91 Å². The second-order valence-corrected chi connectivity index (χ2v) is 7.42. The van der Waals surface area contributed by atoms with Gasteiger partial charge in [0, 0.05) is 12.5 Å². The number of thiazole rings is 1. The highest BCUT2D eigenvalue weighted by Crippen LogP contribution is 2.29. The van der Waals surface area contributed by atoms with Crippen LogP contribution in [0, 0.1) is 18.8 Å². The summed E-state index contributed by atoms with van der Waals surface area (Å²) in [5.41, 5.74) is 7.05. The molecular weight excluding hydrogens is 270 g/mol. The van der Waals surface area contributed by atoms with Gasteiger partial charge < -0.3 is 11.1 Å². The fourth-order valence-electron chi connectivity index (χ4n) is 2.83. The molecule has 2 atom stereocenters. The van der Waals surface area contributed by atoms with Gasteiger partial charge >= 0.3 is 0 Å². The molecule has 4 nitrogen and oxygen atoms in total. The third-order valence-electron chi connectivity index (χ3n) is 3.82. The second-order valence-electron chi connectivity index (χ2n) is 6.21. The lowest BCUT2D eigenvalue weighted by atomic mass is 10.00. The first-order valence-corrected chi connectivity index (χ1v) is 8.29. The molecule has 0 saturated heterocycles. The van der Waals surface area contributed by atoms with Crippen LogP contribution in [0.15, 0.2) is 0 Å². The van der Waals surface area contributed by atoms with E-state index in [-0.39, 0.29) is 11.9 Å². The summed E-state index contributed by atoms with van der Waals surface area (Å²) >= 11 is 1.57. The van der Waals surface area contributed by atoms with Gasteiger partial charge in [-0.25, -0.2) is 4.98 Å². The third kappa shape index (κ3) is 4.03. The minimum Gasteiger partial charge on any atom is -0.327 e. The van der Waals surface area contributed by atoms with Gasteiger partial charge in [-0.15, -0.1) is 11.3 Å².